The molecule has 2 aliphatic heterocycles. The lowest BCUT2D eigenvalue weighted by Gasteiger charge is -2.42. The first kappa shape index (κ1) is 28.3. The SMILES string of the molecule is COc1cc([C@H]2OC[C@H]([C@H](O[C@@H]3O[C@H](CO)[C@@H](O)[C@H](O)[C@H]3O)c3ccc(O)c(OC)c3)[C@@H]2CO)ccc1O. The van der Waals surface area contributed by atoms with Crippen LogP contribution in [0.25, 0.3) is 0 Å². The van der Waals surface area contributed by atoms with Crippen LogP contribution in [0.1, 0.15) is 23.3 Å². The van der Waals surface area contributed by atoms with Crippen molar-refractivity contribution in [1.82, 2.24) is 0 Å². The van der Waals surface area contributed by atoms with Crippen LogP contribution in [0.15, 0.2) is 36.4 Å². The fourth-order valence-electron chi connectivity index (χ4n) is 5.07. The summed E-state index contributed by atoms with van der Waals surface area (Å²) in [5.74, 6) is -0.845. The molecule has 2 aromatic carbocycles. The number of hydrogen-bond donors (Lipinski definition) is 7. The van der Waals surface area contributed by atoms with Gasteiger partial charge in [0, 0.05) is 18.4 Å². The molecule has 0 bridgehead atoms. The van der Waals surface area contributed by atoms with Crippen LogP contribution in [-0.2, 0) is 14.2 Å². The van der Waals surface area contributed by atoms with Crippen LogP contribution in [0, 0.1) is 11.8 Å². The summed E-state index contributed by atoms with van der Waals surface area (Å²) in [6.45, 7) is -0.842. The third kappa shape index (κ3) is 5.40. The Morgan fingerprint density at radius 2 is 1.53 bits per heavy atom. The quantitative estimate of drug-likeness (QED) is 0.226. The van der Waals surface area contributed by atoms with Gasteiger partial charge in [-0.15, -0.1) is 0 Å². The minimum absolute atomic E-state index is 0.0497. The summed E-state index contributed by atoms with van der Waals surface area (Å²) >= 11 is 0. The van der Waals surface area contributed by atoms with Gasteiger partial charge in [-0.3, -0.25) is 0 Å². The van der Waals surface area contributed by atoms with Crippen molar-refractivity contribution in [1.29, 1.82) is 0 Å². The smallest absolute Gasteiger partial charge is 0.187 e. The molecule has 0 spiro atoms. The second-order valence-corrected chi connectivity index (χ2v) is 9.38. The average molecular weight is 539 g/mol. The van der Waals surface area contributed by atoms with Gasteiger partial charge < -0.3 is 59.4 Å². The molecular weight excluding hydrogens is 504 g/mol. The lowest BCUT2D eigenvalue weighted by molar-refractivity contribution is -0.317. The Kier molecular flexibility index (Phi) is 8.96. The number of aromatic hydroxyl groups is 2. The maximum absolute atomic E-state index is 10.6. The fraction of sp³-hybridized carbons (Fsp3) is 0.538. The van der Waals surface area contributed by atoms with Gasteiger partial charge in [0.25, 0.3) is 0 Å². The number of hydrogen-bond acceptors (Lipinski definition) is 12. The summed E-state index contributed by atoms with van der Waals surface area (Å²) in [5, 5.41) is 71.2. The Hall–Kier alpha value is -2.68. The zero-order chi connectivity index (χ0) is 27.6. The first-order valence-electron chi connectivity index (χ1n) is 12.2. The van der Waals surface area contributed by atoms with E-state index >= 15 is 0 Å². The molecule has 7 N–H and O–H groups in total. The molecule has 0 aliphatic carbocycles. The highest BCUT2D eigenvalue weighted by Crippen LogP contribution is 2.48. The summed E-state index contributed by atoms with van der Waals surface area (Å²) in [5.41, 5.74) is 1.14. The van der Waals surface area contributed by atoms with Crippen LogP contribution >= 0.6 is 0 Å². The minimum Gasteiger partial charge on any atom is -0.504 e. The van der Waals surface area contributed by atoms with Gasteiger partial charge in [0.1, 0.15) is 24.4 Å². The molecule has 4 rings (SSSR count). The summed E-state index contributed by atoms with van der Waals surface area (Å²) in [7, 11) is 2.80. The molecule has 0 amide bonds. The third-order valence-electron chi connectivity index (χ3n) is 7.20. The minimum atomic E-state index is -1.65. The molecule has 0 aromatic heterocycles. The van der Waals surface area contributed by atoms with Crippen molar-refractivity contribution in [2.24, 2.45) is 11.8 Å². The molecule has 0 saturated carbocycles. The van der Waals surface area contributed by atoms with E-state index in [1.165, 1.54) is 32.4 Å². The van der Waals surface area contributed by atoms with Crippen molar-refractivity contribution in [2.75, 3.05) is 34.0 Å². The first-order valence-corrected chi connectivity index (χ1v) is 12.2. The number of methoxy groups -OCH3 is 2. The third-order valence-corrected chi connectivity index (χ3v) is 7.20. The van der Waals surface area contributed by atoms with Crippen LogP contribution in [0.3, 0.4) is 0 Å². The highest BCUT2D eigenvalue weighted by atomic mass is 16.7. The van der Waals surface area contributed by atoms with Crippen molar-refractivity contribution in [3.8, 4) is 23.0 Å². The van der Waals surface area contributed by atoms with Gasteiger partial charge in [0.05, 0.1) is 39.6 Å². The van der Waals surface area contributed by atoms with Crippen LogP contribution in [-0.4, -0.2) is 100 Å². The molecule has 0 unspecified atom stereocenters. The zero-order valence-electron chi connectivity index (χ0n) is 21.0. The lowest BCUT2D eigenvalue weighted by Crippen LogP contribution is -2.59. The van der Waals surface area contributed by atoms with Gasteiger partial charge in [0.15, 0.2) is 29.3 Å². The van der Waals surface area contributed by atoms with E-state index in [1.807, 2.05) is 0 Å². The monoisotopic (exact) mass is 538 g/mol. The number of benzene rings is 2. The number of aliphatic hydroxyl groups is 5. The maximum Gasteiger partial charge on any atom is 0.187 e. The topological polar surface area (TPSA) is 188 Å². The summed E-state index contributed by atoms with van der Waals surface area (Å²) in [6.07, 6.45) is -9.03. The maximum atomic E-state index is 10.6. The number of aliphatic hydroxyl groups excluding tert-OH is 5. The average Bonchev–Trinajstić information content (AvgIpc) is 3.36. The van der Waals surface area contributed by atoms with E-state index in [0.29, 0.717) is 11.1 Å². The number of phenolic OH excluding ortho intramolecular Hbond substituents is 2. The predicted octanol–water partition coefficient (Wildman–Crippen LogP) is -0.0312. The van der Waals surface area contributed by atoms with E-state index in [2.05, 4.69) is 0 Å². The molecule has 12 heteroatoms. The highest BCUT2D eigenvalue weighted by molar-refractivity contribution is 5.44. The second kappa shape index (κ2) is 12.0. The van der Waals surface area contributed by atoms with Crippen LogP contribution in [0.2, 0.25) is 0 Å². The Bertz CT molecular complexity index is 1080. The first-order chi connectivity index (χ1) is 18.2. The highest BCUT2D eigenvalue weighted by Gasteiger charge is 2.48. The van der Waals surface area contributed by atoms with Gasteiger partial charge in [0.2, 0.25) is 0 Å². The van der Waals surface area contributed by atoms with Crippen molar-refractivity contribution in [3.05, 3.63) is 47.5 Å². The van der Waals surface area contributed by atoms with Gasteiger partial charge in [-0.05, 0) is 35.4 Å². The Labute approximate surface area is 219 Å². The van der Waals surface area contributed by atoms with Crippen molar-refractivity contribution in [2.45, 2.75) is 42.9 Å². The standard InChI is InChI=1S/C26H34O12/c1-34-18-7-12(3-5-16(18)29)24-14(9-27)15(11-36-24)25(13-4-6-17(30)19(8-13)35-2)38-26-23(33)22(32)21(31)20(10-28)37-26/h3-8,14-15,20-33H,9-11H2,1-2H3/t14-,15-,20+,21+,22-,23+,24+,25+,26-/m0/s1. The summed E-state index contributed by atoms with van der Waals surface area (Å²) in [6, 6.07) is 9.26. The molecule has 2 heterocycles. The molecule has 2 saturated heterocycles. The molecular formula is C26H34O12. The van der Waals surface area contributed by atoms with Crippen LogP contribution < -0.4 is 9.47 Å². The Balaban J connectivity index is 1.70. The molecule has 2 fully saturated rings. The van der Waals surface area contributed by atoms with E-state index < -0.39 is 61.4 Å². The van der Waals surface area contributed by atoms with E-state index in [4.69, 9.17) is 23.7 Å². The number of ether oxygens (including phenoxy) is 5. The van der Waals surface area contributed by atoms with E-state index in [9.17, 15) is 35.7 Å². The van der Waals surface area contributed by atoms with Crippen LogP contribution in [0.5, 0.6) is 23.0 Å². The predicted molar refractivity (Wildman–Crippen MR) is 130 cm³/mol. The van der Waals surface area contributed by atoms with Crippen molar-refractivity contribution >= 4 is 0 Å². The molecule has 12 nitrogen and oxygen atoms in total. The second-order valence-electron chi connectivity index (χ2n) is 9.38. The normalized spacial score (nSPS) is 32.2. The zero-order valence-corrected chi connectivity index (χ0v) is 21.0. The largest absolute Gasteiger partial charge is 0.504 e. The Morgan fingerprint density at radius 1 is 0.868 bits per heavy atom. The van der Waals surface area contributed by atoms with Crippen molar-refractivity contribution in [3.63, 3.8) is 0 Å². The number of rotatable bonds is 9. The summed E-state index contributed by atoms with van der Waals surface area (Å²) < 4.78 is 28.3. The molecule has 38 heavy (non-hydrogen) atoms. The summed E-state index contributed by atoms with van der Waals surface area (Å²) in [4.78, 5) is 0. The lowest BCUT2D eigenvalue weighted by atomic mass is 9.82. The Morgan fingerprint density at radius 3 is 2.16 bits per heavy atom. The molecule has 0 radical (unpaired) electrons. The van der Waals surface area contributed by atoms with E-state index in [-0.39, 0.29) is 36.2 Å². The van der Waals surface area contributed by atoms with Crippen LogP contribution in [0.4, 0.5) is 0 Å². The molecule has 210 valence electrons. The van der Waals surface area contributed by atoms with Gasteiger partial charge in [-0.25, -0.2) is 0 Å². The fourth-order valence-corrected chi connectivity index (χ4v) is 5.07. The van der Waals surface area contributed by atoms with E-state index in [1.54, 1.807) is 18.2 Å². The molecule has 9 atom stereocenters. The molecule has 2 aliphatic rings. The van der Waals surface area contributed by atoms with Gasteiger partial charge in [-0.1, -0.05) is 12.1 Å². The van der Waals surface area contributed by atoms with Crippen molar-refractivity contribution < 1.29 is 59.4 Å². The number of phenols is 2. The van der Waals surface area contributed by atoms with E-state index in [0.717, 1.165) is 0 Å². The molecule has 2 aromatic rings. The van der Waals surface area contributed by atoms with Gasteiger partial charge in [-0.2, -0.15) is 0 Å². The van der Waals surface area contributed by atoms with Gasteiger partial charge >= 0.3 is 0 Å².